The normalized spacial score (nSPS) is 18.1. The molecule has 1 atom stereocenters. The van der Waals surface area contributed by atoms with Gasteiger partial charge in [0.15, 0.2) is 0 Å². The Hall–Kier alpha value is -2.26. The van der Waals surface area contributed by atoms with Gasteiger partial charge in [-0.1, -0.05) is 17.7 Å². The number of piperidine rings is 1. The first kappa shape index (κ1) is 18.1. The topological polar surface area (TPSA) is 121 Å². The van der Waals surface area contributed by atoms with Gasteiger partial charge in [0.1, 0.15) is 6.04 Å². The maximum Gasteiger partial charge on any atom is 0.249 e. The van der Waals surface area contributed by atoms with Crippen molar-refractivity contribution in [2.45, 2.75) is 37.1 Å². The van der Waals surface area contributed by atoms with Crippen LogP contribution in [-0.2, 0) is 24.4 Å². The zero-order chi connectivity index (χ0) is 17.7. The summed E-state index contributed by atoms with van der Waals surface area (Å²) >= 11 is 0. The fraction of sp³-hybridized carbons (Fsp3) is 0.400. The monoisotopic (exact) mass is 353 g/mol. The van der Waals surface area contributed by atoms with E-state index in [9.17, 15) is 22.8 Å². The first-order valence-electron chi connectivity index (χ1n) is 7.47. The number of carbonyl (C=O) groups is 3. The average Bonchev–Trinajstić information content (AvgIpc) is 2.50. The number of rotatable bonds is 6. The number of sulfonamides is 1. The second-order valence-electron chi connectivity index (χ2n) is 5.53. The molecule has 0 saturated carbocycles. The molecule has 1 aromatic rings. The number of carbonyl (C=O) groups excluding carboxylic acids is 3. The van der Waals surface area contributed by atoms with Gasteiger partial charge in [-0.2, -0.15) is 0 Å². The Bertz CT molecular complexity index is 743. The highest BCUT2D eigenvalue weighted by atomic mass is 32.2. The molecule has 2 rings (SSSR count). The van der Waals surface area contributed by atoms with E-state index in [0.29, 0.717) is 0 Å². The van der Waals surface area contributed by atoms with Crippen LogP contribution in [0.5, 0.6) is 0 Å². The van der Waals surface area contributed by atoms with Crippen molar-refractivity contribution in [3.63, 3.8) is 0 Å². The molecule has 1 unspecified atom stereocenters. The Morgan fingerprint density at radius 2 is 1.92 bits per heavy atom. The Balaban J connectivity index is 1.81. The molecule has 0 aromatic heterocycles. The van der Waals surface area contributed by atoms with Gasteiger partial charge < -0.3 is 5.32 Å². The van der Waals surface area contributed by atoms with Crippen LogP contribution >= 0.6 is 0 Å². The molecule has 1 heterocycles. The number of nitrogens with one attached hydrogen (secondary N) is 3. The van der Waals surface area contributed by atoms with Crippen LogP contribution in [0.3, 0.4) is 0 Å². The Labute approximate surface area is 140 Å². The summed E-state index contributed by atoms with van der Waals surface area (Å²) in [7, 11) is -3.68. The molecule has 3 amide bonds. The molecule has 1 aromatic carbocycles. The highest BCUT2D eigenvalue weighted by Crippen LogP contribution is 2.09. The third-order valence-corrected chi connectivity index (χ3v) is 5.03. The molecule has 9 heteroatoms. The van der Waals surface area contributed by atoms with E-state index in [1.54, 1.807) is 12.1 Å². The van der Waals surface area contributed by atoms with E-state index in [0.717, 1.165) is 5.56 Å². The van der Waals surface area contributed by atoms with Crippen LogP contribution < -0.4 is 15.4 Å². The van der Waals surface area contributed by atoms with E-state index in [2.05, 4.69) is 15.4 Å². The molecule has 8 nitrogen and oxygen atoms in total. The Kier molecular flexibility index (Phi) is 5.68. The van der Waals surface area contributed by atoms with E-state index >= 15 is 0 Å². The minimum Gasteiger partial charge on any atom is -0.344 e. The van der Waals surface area contributed by atoms with E-state index in [-0.39, 0.29) is 36.6 Å². The quantitative estimate of drug-likeness (QED) is 0.600. The minimum absolute atomic E-state index is 0.0880. The van der Waals surface area contributed by atoms with Crippen LogP contribution in [0.2, 0.25) is 0 Å². The third-order valence-electron chi connectivity index (χ3n) is 3.55. The zero-order valence-electron chi connectivity index (χ0n) is 13.2. The van der Waals surface area contributed by atoms with Crippen molar-refractivity contribution in [1.82, 2.24) is 15.4 Å². The van der Waals surface area contributed by atoms with Crippen molar-refractivity contribution in [2.75, 3.05) is 6.54 Å². The molecule has 24 heavy (non-hydrogen) atoms. The first-order valence-corrected chi connectivity index (χ1v) is 8.95. The molecule has 0 radical (unpaired) electrons. The molecule has 1 aliphatic heterocycles. The standard InChI is InChI=1S/C15H19N3O5S/c1-10-2-4-11(5-3-10)24(22,23)16-9-8-14(20)17-12-6-7-13(19)18-15(12)21/h2-5,12,16H,6-9H2,1H3,(H,17,20)(H,18,19,21). The molecule has 0 spiro atoms. The van der Waals surface area contributed by atoms with Crippen molar-refractivity contribution >= 4 is 27.7 Å². The molecular formula is C15H19N3O5S. The third kappa shape index (κ3) is 4.87. The van der Waals surface area contributed by atoms with Crippen LogP contribution in [-0.4, -0.2) is 38.7 Å². The van der Waals surface area contributed by atoms with Gasteiger partial charge in [-0.3, -0.25) is 19.7 Å². The Morgan fingerprint density at radius 3 is 2.54 bits per heavy atom. The van der Waals surface area contributed by atoms with Crippen molar-refractivity contribution in [3.8, 4) is 0 Å². The smallest absolute Gasteiger partial charge is 0.249 e. The van der Waals surface area contributed by atoms with Crippen LogP contribution in [0, 0.1) is 6.92 Å². The zero-order valence-corrected chi connectivity index (χ0v) is 14.0. The molecule has 0 bridgehead atoms. The lowest BCUT2D eigenvalue weighted by Gasteiger charge is -2.21. The summed E-state index contributed by atoms with van der Waals surface area (Å²) < 4.78 is 26.5. The van der Waals surface area contributed by atoms with E-state index < -0.39 is 27.9 Å². The summed E-state index contributed by atoms with van der Waals surface area (Å²) in [6, 6.07) is 5.58. The predicted molar refractivity (Wildman–Crippen MR) is 85.3 cm³/mol. The van der Waals surface area contributed by atoms with Gasteiger partial charge in [0.25, 0.3) is 0 Å². The molecule has 1 saturated heterocycles. The van der Waals surface area contributed by atoms with Gasteiger partial charge in [-0.25, -0.2) is 13.1 Å². The summed E-state index contributed by atoms with van der Waals surface area (Å²) in [4.78, 5) is 34.5. The fourth-order valence-corrected chi connectivity index (χ4v) is 3.23. The largest absolute Gasteiger partial charge is 0.344 e. The molecule has 1 fully saturated rings. The van der Waals surface area contributed by atoms with Crippen LogP contribution in [0.15, 0.2) is 29.2 Å². The summed E-state index contributed by atoms with van der Waals surface area (Å²) in [5.41, 5.74) is 0.942. The molecule has 130 valence electrons. The van der Waals surface area contributed by atoms with Gasteiger partial charge >= 0.3 is 0 Å². The van der Waals surface area contributed by atoms with Crippen molar-refractivity contribution in [3.05, 3.63) is 29.8 Å². The van der Waals surface area contributed by atoms with Gasteiger partial charge in [0.2, 0.25) is 27.7 Å². The van der Waals surface area contributed by atoms with Crippen LogP contribution in [0.4, 0.5) is 0 Å². The second-order valence-corrected chi connectivity index (χ2v) is 7.30. The number of hydrogen-bond acceptors (Lipinski definition) is 5. The minimum atomic E-state index is -3.68. The number of aryl methyl sites for hydroxylation is 1. The molecule has 1 aliphatic rings. The highest BCUT2D eigenvalue weighted by Gasteiger charge is 2.27. The number of benzene rings is 1. The summed E-state index contributed by atoms with van der Waals surface area (Å²) in [5, 5.41) is 4.62. The number of amides is 3. The van der Waals surface area contributed by atoms with E-state index in [1.165, 1.54) is 12.1 Å². The van der Waals surface area contributed by atoms with Gasteiger partial charge in [0, 0.05) is 19.4 Å². The van der Waals surface area contributed by atoms with Gasteiger partial charge in [-0.15, -0.1) is 0 Å². The number of imide groups is 1. The van der Waals surface area contributed by atoms with E-state index in [1.807, 2.05) is 6.92 Å². The Morgan fingerprint density at radius 1 is 1.25 bits per heavy atom. The van der Waals surface area contributed by atoms with Crippen LogP contribution in [0.1, 0.15) is 24.8 Å². The summed E-state index contributed by atoms with van der Waals surface area (Å²) in [5.74, 6) is -1.37. The average molecular weight is 353 g/mol. The lowest BCUT2D eigenvalue weighted by molar-refractivity contribution is -0.137. The maximum atomic E-state index is 12.1. The second kappa shape index (κ2) is 7.54. The summed E-state index contributed by atoms with van der Waals surface area (Å²) in [6.07, 6.45) is 0.297. The lowest BCUT2D eigenvalue weighted by Crippen LogP contribution is -2.52. The summed E-state index contributed by atoms with van der Waals surface area (Å²) in [6.45, 7) is 1.76. The number of hydrogen-bond donors (Lipinski definition) is 3. The maximum absolute atomic E-state index is 12.1. The SMILES string of the molecule is Cc1ccc(S(=O)(=O)NCCC(=O)NC2CCC(=O)NC2=O)cc1. The predicted octanol–water partition coefficient (Wildman–Crippen LogP) is -0.415. The van der Waals surface area contributed by atoms with Crippen molar-refractivity contribution < 1.29 is 22.8 Å². The van der Waals surface area contributed by atoms with Crippen molar-refractivity contribution in [2.24, 2.45) is 0 Å². The van der Waals surface area contributed by atoms with Crippen molar-refractivity contribution in [1.29, 1.82) is 0 Å². The molecule has 0 aliphatic carbocycles. The highest BCUT2D eigenvalue weighted by molar-refractivity contribution is 7.89. The van der Waals surface area contributed by atoms with Crippen LogP contribution in [0.25, 0.3) is 0 Å². The van der Waals surface area contributed by atoms with E-state index in [4.69, 9.17) is 0 Å². The first-order chi connectivity index (χ1) is 11.3. The molecular weight excluding hydrogens is 334 g/mol. The van der Waals surface area contributed by atoms with Gasteiger partial charge in [-0.05, 0) is 25.5 Å². The fourth-order valence-electron chi connectivity index (χ4n) is 2.20. The molecule has 3 N–H and O–H groups in total. The van der Waals surface area contributed by atoms with Gasteiger partial charge in [0.05, 0.1) is 4.90 Å². The lowest BCUT2D eigenvalue weighted by atomic mass is 10.1.